The minimum absolute atomic E-state index is 0.0581. The number of methoxy groups -OCH3 is 1. The molecule has 0 bridgehead atoms. The molecule has 0 aliphatic heterocycles. The summed E-state index contributed by atoms with van der Waals surface area (Å²) in [5.41, 5.74) is 3.00. The number of aryl methyl sites for hydroxylation is 1. The van der Waals surface area contributed by atoms with Crippen LogP contribution in [0.4, 0.5) is 5.82 Å². The maximum atomic E-state index is 12.5. The van der Waals surface area contributed by atoms with Crippen LogP contribution in [-0.2, 0) is 10.2 Å². The molecule has 0 unspecified atom stereocenters. The molecule has 0 saturated heterocycles. The SMILES string of the molecule is COc1cccc(OCC(=O)Nc2cc(C)nn2-c2nc3ccc(C(C)(C)C)cc3s2)c1. The first-order valence-corrected chi connectivity index (χ1v) is 11.1. The fourth-order valence-electron chi connectivity index (χ4n) is 3.22. The zero-order chi connectivity index (χ0) is 22.9. The Morgan fingerprint density at radius 1 is 1.12 bits per heavy atom. The molecule has 0 atom stereocenters. The van der Waals surface area contributed by atoms with E-state index in [1.54, 1.807) is 35.3 Å². The topological polar surface area (TPSA) is 78.3 Å². The van der Waals surface area contributed by atoms with E-state index in [1.165, 1.54) is 5.56 Å². The van der Waals surface area contributed by atoms with E-state index in [-0.39, 0.29) is 17.9 Å². The fourth-order valence-corrected chi connectivity index (χ4v) is 4.19. The van der Waals surface area contributed by atoms with Crippen LogP contribution in [0.1, 0.15) is 32.0 Å². The van der Waals surface area contributed by atoms with E-state index in [0.717, 1.165) is 15.9 Å². The average molecular weight is 451 g/mol. The number of carbonyl (C=O) groups is 1. The van der Waals surface area contributed by atoms with Crippen LogP contribution in [0.5, 0.6) is 11.5 Å². The minimum Gasteiger partial charge on any atom is -0.497 e. The maximum absolute atomic E-state index is 12.5. The Morgan fingerprint density at radius 3 is 2.66 bits per heavy atom. The molecule has 7 nitrogen and oxygen atoms in total. The van der Waals surface area contributed by atoms with Gasteiger partial charge in [-0.2, -0.15) is 9.78 Å². The summed E-state index contributed by atoms with van der Waals surface area (Å²) in [6, 6.07) is 15.3. The van der Waals surface area contributed by atoms with Gasteiger partial charge in [0.2, 0.25) is 5.13 Å². The lowest BCUT2D eigenvalue weighted by Crippen LogP contribution is -2.21. The first kappa shape index (κ1) is 21.8. The molecule has 0 saturated carbocycles. The molecule has 0 spiro atoms. The molecule has 166 valence electrons. The summed E-state index contributed by atoms with van der Waals surface area (Å²) in [6.07, 6.45) is 0. The second-order valence-electron chi connectivity index (χ2n) is 8.53. The minimum atomic E-state index is -0.287. The van der Waals surface area contributed by atoms with Gasteiger partial charge in [-0.3, -0.25) is 4.79 Å². The number of amides is 1. The number of aromatic nitrogens is 3. The van der Waals surface area contributed by atoms with E-state index in [4.69, 9.17) is 14.5 Å². The van der Waals surface area contributed by atoms with Gasteiger partial charge in [-0.1, -0.05) is 44.2 Å². The predicted octanol–water partition coefficient (Wildman–Crippen LogP) is 5.11. The normalized spacial score (nSPS) is 11.5. The Kier molecular flexibility index (Phi) is 5.88. The van der Waals surface area contributed by atoms with Gasteiger partial charge in [0.05, 0.1) is 23.0 Å². The number of carbonyl (C=O) groups excluding carboxylic acids is 1. The Labute approximate surface area is 191 Å². The van der Waals surface area contributed by atoms with E-state index >= 15 is 0 Å². The highest BCUT2D eigenvalue weighted by Gasteiger charge is 2.18. The zero-order valence-electron chi connectivity index (χ0n) is 18.8. The number of anilines is 1. The van der Waals surface area contributed by atoms with E-state index < -0.39 is 0 Å². The predicted molar refractivity (Wildman–Crippen MR) is 127 cm³/mol. The van der Waals surface area contributed by atoms with Crippen molar-refractivity contribution in [2.24, 2.45) is 0 Å². The number of ether oxygens (including phenoxy) is 2. The summed E-state index contributed by atoms with van der Waals surface area (Å²) >= 11 is 1.54. The van der Waals surface area contributed by atoms with Crippen molar-refractivity contribution in [3.63, 3.8) is 0 Å². The molecular formula is C24H26N4O3S. The summed E-state index contributed by atoms with van der Waals surface area (Å²) in [7, 11) is 1.58. The van der Waals surface area contributed by atoms with Crippen molar-refractivity contribution in [1.29, 1.82) is 0 Å². The summed E-state index contributed by atoms with van der Waals surface area (Å²) in [4.78, 5) is 17.3. The van der Waals surface area contributed by atoms with Crippen LogP contribution < -0.4 is 14.8 Å². The fraction of sp³-hybridized carbons (Fsp3) is 0.292. The number of nitrogens with zero attached hydrogens (tertiary/aromatic N) is 3. The molecule has 0 radical (unpaired) electrons. The Bertz CT molecular complexity index is 1270. The molecule has 0 aliphatic carbocycles. The van der Waals surface area contributed by atoms with Crippen molar-refractivity contribution in [3.8, 4) is 16.6 Å². The highest BCUT2D eigenvalue weighted by molar-refractivity contribution is 7.20. The molecule has 0 fully saturated rings. The number of hydrogen-bond acceptors (Lipinski definition) is 6. The second-order valence-corrected chi connectivity index (χ2v) is 9.54. The monoisotopic (exact) mass is 450 g/mol. The molecule has 1 N–H and O–H groups in total. The third kappa shape index (κ3) is 4.75. The smallest absolute Gasteiger partial charge is 0.263 e. The molecule has 4 rings (SSSR count). The van der Waals surface area contributed by atoms with Crippen LogP contribution in [0.15, 0.2) is 48.5 Å². The van der Waals surface area contributed by atoms with Crippen LogP contribution in [0, 0.1) is 6.92 Å². The number of fused-ring (bicyclic) bond motifs is 1. The first-order valence-electron chi connectivity index (χ1n) is 10.3. The van der Waals surface area contributed by atoms with Crippen LogP contribution in [0.3, 0.4) is 0 Å². The number of nitrogens with one attached hydrogen (secondary N) is 1. The van der Waals surface area contributed by atoms with Gasteiger partial charge >= 0.3 is 0 Å². The van der Waals surface area contributed by atoms with Crippen LogP contribution in [0.2, 0.25) is 0 Å². The summed E-state index contributed by atoms with van der Waals surface area (Å²) < 4.78 is 13.5. The van der Waals surface area contributed by atoms with E-state index in [1.807, 2.05) is 31.2 Å². The third-order valence-electron chi connectivity index (χ3n) is 4.93. The van der Waals surface area contributed by atoms with E-state index in [9.17, 15) is 4.79 Å². The molecule has 8 heteroatoms. The van der Waals surface area contributed by atoms with Crippen molar-refractivity contribution in [2.45, 2.75) is 33.1 Å². The third-order valence-corrected chi connectivity index (χ3v) is 5.93. The molecule has 2 heterocycles. The number of hydrogen-bond donors (Lipinski definition) is 1. The lowest BCUT2D eigenvalue weighted by atomic mass is 9.87. The van der Waals surface area contributed by atoms with Gasteiger partial charge in [0.15, 0.2) is 6.61 Å². The number of benzene rings is 2. The van der Waals surface area contributed by atoms with Crippen molar-refractivity contribution >= 4 is 33.3 Å². The van der Waals surface area contributed by atoms with Gasteiger partial charge in [0, 0.05) is 12.1 Å². The van der Waals surface area contributed by atoms with Crippen molar-refractivity contribution in [3.05, 3.63) is 59.8 Å². The van der Waals surface area contributed by atoms with Crippen LogP contribution in [-0.4, -0.2) is 34.4 Å². The summed E-state index contributed by atoms with van der Waals surface area (Å²) in [5.74, 6) is 1.49. The van der Waals surface area contributed by atoms with Crippen LogP contribution >= 0.6 is 11.3 Å². The molecule has 2 aromatic carbocycles. The Hall–Kier alpha value is -3.39. The lowest BCUT2D eigenvalue weighted by molar-refractivity contribution is -0.118. The lowest BCUT2D eigenvalue weighted by Gasteiger charge is -2.18. The van der Waals surface area contributed by atoms with Crippen molar-refractivity contribution in [2.75, 3.05) is 19.0 Å². The highest BCUT2D eigenvalue weighted by Crippen LogP contribution is 2.31. The molecule has 0 aliphatic rings. The van der Waals surface area contributed by atoms with Crippen LogP contribution in [0.25, 0.3) is 15.3 Å². The number of thiazole rings is 1. The van der Waals surface area contributed by atoms with Gasteiger partial charge in [-0.25, -0.2) is 4.98 Å². The number of rotatable bonds is 6. The molecule has 2 aromatic heterocycles. The summed E-state index contributed by atoms with van der Waals surface area (Å²) in [5, 5.41) is 8.11. The molecular weight excluding hydrogens is 424 g/mol. The Morgan fingerprint density at radius 2 is 1.91 bits per heavy atom. The molecule has 32 heavy (non-hydrogen) atoms. The van der Waals surface area contributed by atoms with E-state index in [0.29, 0.717) is 22.4 Å². The second kappa shape index (κ2) is 8.63. The van der Waals surface area contributed by atoms with Gasteiger partial charge in [0.25, 0.3) is 5.91 Å². The average Bonchev–Trinajstić information content (AvgIpc) is 3.34. The van der Waals surface area contributed by atoms with Gasteiger partial charge < -0.3 is 14.8 Å². The first-order chi connectivity index (χ1) is 15.2. The largest absolute Gasteiger partial charge is 0.497 e. The van der Waals surface area contributed by atoms with Gasteiger partial charge in [0.1, 0.15) is 17.3 Å². The molecule has 4 aromatic rings. The van der Waals surface area contributed by atoms with Crippen molar-refractivity contribution in [1.82, 2.24) is 14.8 Å². The standard InChI is InChI=1S/C24H26N4O3S/c1-15-11-21(26-22(29)14-31-18-8-6-7-17(13-18)30-5)28(27-15)23-25-19-10-9-16(24(2,3)4)12-20(19)32-23/h6-13H,14H2,1-5H3,(H,26,29). The Balaban J connectivity index is 1.53. The molecule has 1 amide bonds. The highest BCUT2D eigenvalue weighted by atomic mass is 32.1. The van der Waals surface area contributed by atoms with Gasteiger partial charge in [-0.15, -0.1) is 0 Å². The zero-order valence-corrected chi connectivity index (χ0v) is 19.6. The summed E-state index contributed by atoms with van der Waals surface area (Å²) in [6.45, 7) is 8.31. The quantitative estimate of drug-likeness (QED) is 0.441. The van der Waals surface area contributed by atoms with Crippen molar-refractivity contribution < 1.29 is 14.3 Å². The maximum Gasteiger partial charge on any atom is 0.263 e. The van der Waals surface area contributed by atoms with Gasteiger partial charge in [-0.05, 0) is 42.2 Å². The van der Waals surface area contributed by atoms with E-state index in [2.05, 4.69) is 43.3 Å².